The summed E-state index contributed by atoms with van der Waals surface area (Å²) in [5, 5.41) is 8.79. The van der Waals surface area contributed by atoms with Crippen molar-refractivity contribution in [2.24, 2.45) is 0 Å². The van der Waals surface area contributed by atoms with Crippen molar-refractivity contribution >= 4 is 10.1 Å². The number of aliphatic hydroxyl groups excluding tert-OH is 1. The van der Waals surface area contributed by atoms with Crippen LogP contribution in [0, 0.1) is 0 Å². The van der Waals surface area contributed by atoms with E-state index in [-0.39, 0.29) is 35.7 Å². The van der Waals surface area contributed by atoms with Crippen molar-refractivity contribution < 1.29 is 47.6 Å². The van der Waals surface area contributed by atoms with Gasteiger partial charge in [0.15, 0.2) is 0 Å². The second-order valence-corrected chi connectivity index (χ2v) is 9.79. The minimum atomic E-state index is -4.20. The summed E-state index contributed by atoms with van der Waals surface area (Å²) in [7, 11) is -4.20. The van der Waals surface area contributed by atoms with E-state index in [4.69, 9.17) is 0 Å². The molecule has 0 aliphatic rings. The molecule has 0 fully saturated rings. The summed E-state index contributed by atoms with van der Waals surface area (Å²) < 4.78 is 34.3. The molecule has 0 saturated heterocycles. The summed E-state index contributed by atoms with van der Waals surface area (Å²) >= 11 is 0. The average Bonchev–Trinajstić information content (AvgIpc) is 2.62. The standard InChI is InChI=1S/C22H46O4S.Na/c1-3-5-6-7-8-9-10-11-12-13-14-15-19-22(27(24,25)26)20-17-16-18-21(23)4-2;/h21-23H,3-20H2,1-2H3,(H,24,25,26);/q;+1/p-1. The number of rotatable bonds is 20. The molecule has 0 aromatic rings. The first-order valence-electron chi connectivity index (χ1n) is 11.5. The molecule has 0 heterocycles. The van der Waals surface area contributed by atoms with E-state index in [1.54, 1.807) is 0 Å². The van der Waals surface area contributed by atoms with Crippen LogP contribution >= 0.6 is 0 Å². The summed E-state index contributed by atoms with van der Waals surface area (Å²) in [6, 6.07) is 0. The number of hydrogen-bond acceptors (Lipinski definition) is 4. The molecule has 0 aromatic heterocycles. The molecule has 0 amide bonds. The van der Waals surface area contributed by atoms with E-state index in [0.29, 0.717) is 25.7 Å². The Morgan fingerprint density at radius 1 is 0.679 bits per heavy atom. The molecule has 164 valence electrons. The van der Waals surface area contributed by atoms with Gasteiger partial charge in [-0.15, -0.1) is 0 Å². The molecule has 4 nitrogen and oxygen atoms in total. The molecule has 0 radical (unpaired) electrons. The average molecular weight is 429 g/mol. The minimum absolute atomic E-state index is 0. The van der Waals surface area contributed by atoms with Crippen LogP contribution in [0.2, 0.25) is 0 Å². The van der Waals surface area contributed by atoms with E-state index < -0.39 is 15.4 Å². The van der Waals surface area contributed by atoms with Gasteiger partial charge in [0.05, 0.1) is 16.2 Å². The first-order valence-corrected chi connectivity index (χ1v) is 13.0. The molecule has 0 aliphatic heterocycles. The van der Waals surface area contributed by atoms with E-state index >= 15 is 0 Å². The van der Waals surface area contributed by atoms with Crippen LogP contribution in [-0.4, -0.2) is 29.4 Å². The Hall–Kier alpha value is 0.870. The van der Waals surface area contributed by atoms with Gasteiger partial charge in [-0.3, -0.25) is 0 Å². The minimum Gasteiger partial charge on any atom is -0.748 e. The van der Waals surface area contributed by atoms with Gasteiger partial charge in [-0.05, 0) is 25.7 Å². The Morgan fingerprint density at radius 3 is 1.43 bits per heavy atom. The fourth-order valence-corrected chi connectivity index (χ4v) is 4.51. The van der Waals surface area contributed by atoms with Crippen molar-refractivity contribution in [2.75, 3.05) is 0 Å². The van der Waals surface area contributed by atoms with Gasteiger partial charge in [-0.2, -0.15) is 0 Å². The quantitative estimate of drug-likeness (QED) is 0.183. The van der Waals surface area contributed by atoms with Crippen LogP contribution in [-0.2, 0) is 10.1 Å². The van der Waals surface area contributed by atoms with Crippen LogP contribution in [0.4, 0.5) is 0 Å². The van der Waals surface area contributed by atoms with Gasteiger partial charge in [-0.25, -0.2) is 8.42 Å². The van der Waals surface area contributed by atoms with Crippen LogP contribution < -0.4 is 29.6 Å². The SMILES string of the molecule is CCCCCCCCCCCCCCC(CCCCC(O)CC)S(=O)(=O)[O-].[Na+]. The van der Waals surface area contributed by atoms with Gasteiger partial charge in [0.2, 0.25) is 0 Å². The summed E-state index contributed by atoms with van der Waals surface area (Å²) in [5.41, 5.74) is 0. The van der Waals surface area contributed by atoms with Gasteiger partial charge in [0.1, 0.15) is 0 Å². The topological polar surface area (TPSA) is 77.4 Å². The normalized spacial score (nSPS) is 13.9. The molecule has 2 unspecified atom stereocenters. The molecule has 0 aliphatic carbocycles. The zero-order chi connectivity index (χ0) is 20.4. The summed E-state index contributed by atoms with van der Waals surface area (Å²) in [6.07, 6.45) is 18.5. The van der Waals surface area contributed by atoms with Crippen molar-refractivity contribution in [3.8, 4) is 0 Å². The summed E-state index contributed by atoms with van der Waals surface area (Å²) in [4.78, 5) is 0. The Balaban J connectivity index is 0. The summed E-state index contributed by atoms with van der Waals surface area (Å²) in [6.45, 7) is 4.18. The predicted octanol–water partition coefficient (Wildman–Crippen LogP) is 3.33. The van der Waals surface area contributed by atoms with E-state index in [1.807, 2.05) is 6.92 Å². The zero-order valence-electron chi connectivity index (χ0n) is 19.0. The van der Waals surface area contributed by atoms with E-state index in [2.05, 4.69) is 6.92 Å². The Morgan fingerprint density at radius 2 is 1.04 bits per heavy atom. The number of hydrogen-bond donors (Lipinski definition) is 1. The van der Waals surface area contributed by atoms with Crippen LogP contribution in [0.15, 0.2) is 0 Å². The first kappa shape index (κ1) is 31.1. The first-order chi connectivity index (χ1) is 12.9. The third-order valence-corrected chi connectivity index (χ3v) is 6.86. The van der Waals surface area contributed by atoms with E-state index in [0.717, 1.165) is 32.1 Å². The van der Waals surface area contributed by atoms with Gasteiger partial charge < -0.3 is 9.66 Å². The maximum atomic E-state index is 11.4. The smallest absolute Gasteiger partial charge is 0.748 e. The van der Waals surface area contributed by atoms with E-state index in [1.165, 1.54) is 57.8 Å². The van der Waals surface area contributed by atoms with Gasteiger partial charge in [-0.1, -0.05) is 104 Å². The Labute approximate surface area is 197 Å². The van der Waals surface area contributed by atoms with Gasteiger partial charge in [0, 0.05) is 5.25 Å². The fourth-order valence-electron chi connectivity index (χ4n) is 3.60. The second kappa shape index (κ2) is 21.1. The Kier molecular flexibility index (Phi) is 23.4. The molecule has 2 atom stereocenters. The van der Waals surface area contributed by atoms with Crippen molar-refractivity contribution in [2.45, 2.75) is 141 Å². The maximum Gasteiger partial charge on any atom is 1.00 e. The molecule has 0 rings (SSSR count). The third kappa shape index (κ3) is 20.2. The largest absolute Gasteiger partial charge is 1.00 e. The molecular formula is C22H45NaO4S. The van der Waals surface area contributed by atoms with Crippen molar-refractivity contribution in [3.05, 3.63) is 0 Å². The second-order valence-electron chi connectivity index (χ2n) is 8.14. The summed E-state index contributed by atoms with van der Waals surface area (Å²) in [5.74, 6) is 0. The molecule has 0 bridgehead atoms. The fraction of sp³-hybridized carbons (Fsp3) is 1.00. The van der Waals surface area contributed by atoms with Crippen LogP contribution in [0.1, 0.15) is 129 Å². The van der Waals surface area contributed by atoms with Gasteiger partial charge >= 0.3 is 29.6 Å². The molecule has 0 saturated carbocycles. The molecular weight excluding hydrogens is 383 g/mol. The molecule has 0 spiro atoms. The van der Waals surface area contributed by atoms with Crippen molar-refractivity contribution in [3.63, 3.8) is 0 Å². The number of unbranched alkanes of at least 4 members (excludes halogenated alkanes) is 12. The molecule has 28 heavy (non-hydrogen) atoms. The zero-order valence-corrected chi connectivity index (χ0v) is 21.8. The van der Waals surface area contributed by atoms with Crippen LogP contribution in [0.25, 0.3) is 0 Å². The Bertz CT molecular complexity index is 415. The van der Waals surface area contributed by atoms with E-state index in [9.17, 15) is 18.1 Å². The van der Waals surface area contributed by atoms with Crippen LogP contribution in [0.3, 0.4) is 0 Å². The van der Waals surface area contributed by atoms with Gasteiger partial charge in [0.25, 0.3) is 0 Å². The predicted molar refractivity (Wildman–Crippen MR) is 114 cm³/mol. The molecule has 1 N–H and O–H groups in total. The third-order valence-electron chi connectivity index (χ3n) is 5.57. The number of aliphatic hydroxyl groups is 1. The monoisotopic (exact) mass is 428 g/mol. The van der Waals surface area contributed by atoms with Crippen LogP contribution in [0.5, 0.6) is 0 Å². The maximum absolute atomic E-state index is 11.4. The molecule has 0 aromatic carbocycles. The molecule has 6 heteroatoms. The van der Waals surface area contributed by atoms with Crippen molar-refractivity contribution in [1.29, 1.82) is 0 Å². The van der Waals surface area contributed by atoms with Crippen molar-refractivity contribution in [1.82, 2.24) is 0 Å².